The number of rotatable bonds is 5. The SMILES string of the molecule is CC1CCC(NC(=NCC(=O)N(C)C)NCC(=O)N(C)C)CC1C. The molecule has 0 aromatic carbocycles. The fourth-order valence-electron chi connectivity index (χ4n) is 2.63. The molecule has 2 amide bonds. The Kier molecular flexibility index (Phi) is 8.01. The zero-order valence-electron chi connectivity index (χ0n) is 15.9. The van der Waals surface area contributed by atoms with Crippen molar-refractivity contribution < 1.29 is 9.59 Å². The minimum atomic E-state index is -0.0688. The van der Waals surface area contributed by atoms with Crippen molar-refractivity contribution in [2.75, 3.05) is 41.3 Å². The van der Waals surface area contributed by atoms with Crippen LogP contribution < -0.4 is 10.6 Å². The normalized spacial score (nSPS) is 24.2. The highest BCUT2D eigenvalue weighted by Crippen LogP contribution is 2.29. The van der Waals surface area contributed by atoms with Crippen molar-refractivity contribution in [3.63, 3.8) is 0 Å². The summed E-state index contributed by atoms with van der Waals surface area (Å²) in [6.07, 6.45) is 3.33. The number of carbonyl (C=O) groups is 2. The van der Waals surface area contributed by atoms with Gasteiger partial charge < -0.3 is 20.4 Å². The van der Waals surface area contributed by atoms with Gasteiger partial charge in [0.2, 0.25) is 11.8 Å². The maximum atomic E-state index is 11.8. The molecule has 7 nitrogen and oxygen atoms in total. The Labute approximate surface area is 145 Å². The zero-order chi connectivity index (χ0) is 18.3. The van der Waals surface area contributed by atoms with E-state index >= 15 is 0 Å². The van der Waals surface area contributed by atoms with E-state index in [2.05, 4.69) is 29.5 Å². The van der Waals surface area contributed by atoms with Crippen LogP contribution in [0.3, 0.4) is 0 Å². The van der Waals surface area contributed by atoms with E-state index in [0.717, 1.165) is 18.8 Å². The van der Waals surface area contributed by atoms with Gasteiger partial charge in [-0.3, -0.25) is 9.59 Å². The third-order valence-corrected chi connectivity index (χ3v) is 4.72. The maximum Gasteiger partial charge on any atom is 0.243 e. The third-order valence-electron chi connectivity index (χ3n) is 4.72. The number of aliphatic imine (C=N–C) groups is 1. The quantitative estimate of drug-likeness (QED) is 0.566. The van der Waals surface area contributed by atoms with Gasteiger partial charge >= 0.3 is 0 Å². The molecule has 0 saturated heterocycles. The Morgan fingerprint density at radius 3 is 2.17 bits per heavy atom. The summed E-state index contributed by atoms with van der Waals surface area (Å²) < 4.78 is 0. The van der Waals surface area contributed by atoms with Crippen molar-refractivity contribution in [3.8, 4) is 0 Å². The largest absolute Gasteiger partial charge is 0.354 e. The number of amides is 2. The minimum absolute atomic E-state index is 0.0333. The van der Waals surface area contributed by atoms with Gasteiger partial charge in [-0.2, -0.15) is 0 Å². The Morgan fingerprint density at radius 1 is 1.00 bits per heavy atom. The Balaban J connectivity index is 2.67. The first kappa shape index (κ1) is 20.3. The van der Waals surface area contributed by atoms with Crippen LogP contribution >= 0.6 is 0 Å². The molecule has 1 rings (SSSR count). The first-order chi connectivity index (χ1) is 11.2. The van der Waals surface area contributed by atoms with Crippen molar-refractivity contribution in [1.82, 2.24) is 20.4 Å². The molecule has 24 heavy (non-hydrogen) atoms. The number of hydrogen-bond donors (Lipinski definition) is 2. The number of carbonyl (C=O) groups excluding carboxylic acids is 2. The van der Waals surface area contributed by atoms with Gasteiger partial charge in [0.25, 0.3) is 0 Å². The summed E-state index contributed by atoms with van der Waals surface area (Å²) in [5, 5.41) is 6.44. The minimum Gasteiger partial charge on any atom is -0.354 e. The summed E-state index contributed by atoms with van der Waals surface area (Å²) in [6, 6.07) is 0.325. The van der Waals surface area contributed by atoms with Crippen LogP contribution in [0.15, 0.2) is 4.99 Å². The van der Waals surface area contributed by atoms with Crippen molar-refractivity contribution in [2.24, 2.45) is 16.8 Å². The van der Waals surface area contributed by atoms with Crippen LogP contribution in [0.25, 0.3) is 0 Å². The van der Waals surface area contributed by atoms with Gasteiger partial charge in [0, 0.05) is 34.2 Å². The second kappa shape index (κ2) is 9.49. The molecule has 3 unspecified atom stereocenters. The molecule has 138 valence electrons. The summed E-state index contributed by atoms with van der Waals surface area (Å²) >= 11 is 0. The van der Waals surface area contributed by atoms with Crippen molar-refractivity contribution in [1.29, 1.82) is 0 Å². The molecule has 0 aromatic heterocycles. The van der Waals surface area contributed by atoms with E-state index in [0.29, 0.717) is 17.9 Å². The average Bonchev–Trinajstić information content (AvgIpc) is 2.52. The summed E-state index contributed by atoms with van der Waals surface area (Å²) in [5.74, 6) is 1.83. The molecular formula is C17H33N5O2. The first-order valence-corrected chi connectivity index (χ1v) is 8.65. The second-order valence-corrected chi connectivity index (χ2v) is 7.20. The molecule has 1 aliphatic carbocycles. The molecule has 3 atom stereocenters. The highest BCUT2D eigenvalue weighted by atomic mass is 16.2. The smallest absolute Gasteiger partial charge is 0.243 e. The lowest BCUT2D eigenvalue weighted by molar-refractivity contribution is -0.127. The van der Waals surface area contributed by atoms with Crippen LogP contribution in [0.1, 0.15) is 33.1 Å². The van der Waals surface area contributed by atoms with E-state index in [4.69, 9.17) is 0 Å². The molecule has 0 spiro atoms. The van der Waals surface area contributed by atoms with Crippen LogP contribution in [-0.2, 0) is 9.59 Å². The molecule has 2 N–H and O–H groups in total. The lowest BCUT2D eigenvalue weighted by Crippen LogP contribution is -2.48. The number of likely N-dealkylation sites (N-methyl/N-ethyl adjacent to an activating group) is 2. The molecule has 0 aliphatic heterocycles. The maximum absolute atomic E-state index is 11.8. The lowest BCUT2D eigenvalue weighted by Gasteiger charge is -2.33. The van der Waals surface area contributed by atoms with E-state index < -0.39 is 0 Å². The fourth-order valence-corrected chi connectivity index (χ4v) is 2.63. The topological polar surface area (TPSA) is 77.0 Å². The van der Waals surface area contributed by atoms with Crippen LogP contribution in [0.5, 0.6) is 0 Å². The van der Waals surface area contributed by atoms with E-state index in [-0.39, 0.29) is 24.9 Å². The van der Waals surface area contributed by atoms with Gasteiger partial charge in [0.15, 0.2) is 5.96 Å². The van der Waals surface area contributed by atoms with Crippen LogP contribution in [-0.4, -0.2) is 74.9 Å². The van der Waals surface area contributed by atoms with Gasteiger partial charge in [-0.15, -0.1) is 0 Å². The summed E-state index contributed by atoms with van der Waals surface area (Å²) in [7, 11) is 6.85. The molecular weight excluding hydrogens is 306 g/mol. The van der Waals surface area contributed by atoms with Crippen LogP contribution in [0, 0.1) is 11.8 Å². The highest BCUT2D eigenvalue weighted by Gasteiger charge is 2.25. The summed E-state index contributed by atoms with van der Waals surface area (Å²) in [5.41, 5.74) is 0. The number of hydrogen-bond acceptors (Lipinski definition) is 3. The molecule has 1 saturated carbocycles. The third kappa shape index (κ3) is 6.76. The molecule has 1 aliphatic rings. The van der Waals surface area contributed by atoms with E-state index in [9.17, 15) is 9.59 Å². The predicted molar refractivity (Wildman–Crippen MR) is 96.8 cm³/mol. The van der Waals surface area contributed by atoms with E-state index in [1.165, 1.54) is 16.2 Å². The monoisotopic (exact) mass is 339 g/mol. The van der Waals surface area contributed by atoms with Crippen molar-refractivity contribution in [3.05, 3.63) is 0 Å². The average molecular weight is 339 g/mol. The number of nitrogens with one attached hydrogen (secondary N) is 2. The highest BCUT2D eigenvalue weighted by molar-refractivity contribution is 5.88. The number of guanidine groups is 1. The van der Waals surface area contributed by atoms with Gasteiger partial charge in [-0.05, 0) is 31.1 Å². The van der Waals surface area contributed by atoms with E-state index in [1.54, 1.807) is 28.2 Å². The Morgan fingerprint density at radius 2 is 1.62 bits per heavy atom. The van der Waals surface area contributed by atoms with E-state index in [1.807, 2.05) is 0 Å². The molecule has 1 fully saturated rings. The molecule has 0 radical (unpaired) electrons. The number of nitrogens with zero attached hydrogens (tertiary/aromatic N) is 3. The Bertz CT molecular complexity index is 462. The summed E-state index contributed by atoms with van der Waals surface area (Å²) in [4.78, 5) is 30.9. The molecule has 0 aromatic rings. The van der Waals surface area contributed by atoms with Gasteiger partial charge in [0.1, 0.15) is 6.54 Å². The zero-order valence-corrected chi connectivity index (χ0v) is 15.9. The molecule has 0 heterocycles. The van der Waals surface area contributed by atoms with Gasteiger partial charge in [0.05, 0.1) is 6.54 Å². The molecule has 0 bridgehead atoms. The van der Waals surface area contributed by atoms with Gasteiger partial charge in [-0.25, -0.2) is 4.99 Å². The van der Waals surface area contributed by atoms with Crippen LogP contribution in [0.4, 0.5) is 0 Å². The van der Waals surface area contributed by atoms with Crippen molar-refractivity contribution >= 4 is 17.8 Å². The lowest BCUT2D eigenvalue weighted by atomic mass is 9.79. The molecule has 7 heteroatoms. The predicted octanol–water partition coefficient (Wildman–Crippen LogP) is 0.523. The second-order valence-electron chi connectivity index (χ2n) is 7.20. The fraction of sp³-hybridized carbons (Fsp3) is 0.824. The summed E-state index contributed by atoms with van der Waals surface area (Å²) in [6.45, 7) is 4.79. The first-order valence-electron chi connectivity index (χ1n) is 8.65. The van der Waals surface area contributed by atoms with Gasteiger partial charge in [-0.1, -0.05) is 13.8 Å². The Hall–Kier alpha value is -1.79. The standard InChI is InChI=1S/C17H33N5O2/c1-12-7-8-14(9-13(12)2)20-17(18-10-15(23)21(3)4)19-11-16(24)22(5)6/h12-14H,7-11H2,1-6H3,(H2,18,19,20). The van der Waals surface area contributed by atoms with Crippen LogP contribution in [0.2, 0.25) is 0 Å². The van der Waals surface area contributed by atoms with Crippen molar-refractivity contribution in [2.45, 2.75) is 39.2 Å².